The van der Waals surface area contributed by atoms with E-state index >= 15 is 0 Å². The van der Waals surface area contributed by atoms with Crippen LogP contribution in [0.15, 0.2) is 18.2 Å². The number of nitrogens with one attached hydrogen (secondary N) is 1. The van der Waals surface area contributed by atoms with Crippen LogP contribution in [0, 0.1) is 25.7 Å². The number of ether oxygens (including phenoxy) is 2. The van der Waals surface area contributed by atoms with Gasteiger partial charge in [-0.25, -0.2) is 9.97 Å². The van der Waals surface area contributed by atoms with Crippen molar-refractivity contribution in [1.29, 1.82) is 0 Å². The van der Waals surface area contributed by atoms with Gasteiger partial charge in [-0.05, 0) is 94.8 Å². The molecule has 1 amide bonds. The number of nitrogens with zero attached hydrogens (tertiary/aromatic N) is 5. The maximum absolute atomic E-state index is 13.7. The van der Waals surface area contributed by atoms with Crippen LogP contribution in [0.1, 0.15) is 73.0 Å². The molecule has 2 atom stereocenters. The molecule has 2 saturated heterocycles. The van der Waals surface area contributed by atoms with Gasteiger partial charge < -0.3 is 34.9 Å². The normalized spacial score (nSPS) is 20.8. The monoisotopic (exact) mass is 657 g/mol. The second-order valence-electron chi connectivity index (χ2n) is 13.3. The number of nitrogen functional groups attached to an aromatic ring is 1. The molecule has 5 heterocycles. The largest absolute Gasteiger partial charge is 0.416 e. The molecular weight excluding hydrogens is 611 g/mol. The van der Waals surface area contributed by atoms with Gasteiger partial charge in [0.25, 0.3) is 0 Å². The summed E-state index contributed by atoms with van der Waals surface area (Å²) in [6, 6.07) is 4.14. The Hall–Kier alpha value is -3.42. The van der Waals surface area contributed by atoms with Crippen LogP contribution >= 0.6 is 0 Å². The Morgan fingerprint density at radius 1 is 1.09 bits per heavy atom. The number of rotatable bonds is 8. The van der Waals surface area contributed by atoms with Crippen molar-refractivity contribution in [2.45, 2.75) is 71.3 Å². The third-order valence-electron chi connectivity index (χ3n) is 10.2. The van der Waals surface area contributed by atoms with Crippen LogP contribution in [0.4, 0.5) is 24.7 Å². The van der Waals surface area contributed by atoms with E-state index in [1.54, 1.807) is 13.2 Å². The van der Waals surface area contributed by atoms with Crippen LogP contribution in [-0.4, -0.2) is 83.3 Å². The van der Waals surface area contributed by atoms with Crippen molar-refractivity contribution in [3.63, 3.8) is 0 Å². The number of carbonyl (C=O) groups excluding carboxylic acids is 1. The number of carbonyl (C=O) groups is 1. The molecule has 0 bridgehead atoms. The number of methoxy groups -OCH3 is 1. The van der Waals surface area contributed by atoms with Crippen molar-refractivity contribution < 1.29 is 27.4 Å². The molecule has 3 aliphatic rings. The molecule has 1 unspecified atom stereocenters. The van der Waals surface area contributed by atoms with Crippen LogP contribution < -0.4 is 11.1 Å². The van der Waals surface area contributed by atoms with E-state index in [-0.39, 0.29) is 35.1 Å². The molecule has 1 aromatic carbocycles. The van der Waals surface area contributed by atoms with Gasteiger partial charge in [0, 0.05) is 50.6 Å². The SMILES string of the molecule is COCCN1CCC(C(=O)N2CCC(C3OCCn4c3cc3c(N[C@H](C)c5cc(N)cc(C(F)(F)F)c5C)nc(C)nc34)CC2)CC1. The van der Waals surface area contributed by atoms with Crippen LogP contribution in [0.25, 0.3) is 11.0 Å². The van der Waals surface area contributed by atoms with E-state index in [0.29, 0.717) is 37.0 Å². The number of piperidine rings is 2. The molecule has 3 aliphatic heterocycles. The van der Waals surface area contributed by atoms with Crippen LogP contribution in [0.2, 0.25) is 0 Å². The summed E-state index contributed by atoms with van der Waals surface area (Å²) < 4.78 is 55.0. The number of fused-ring (bicyclic) bond motifs is 3. The van der Waals surface area contributed by atoms with Gasteiger partial charge in [-0.3, -0.25) is 4.79 Å². The quantitative estimate of drug-likeness (QED) is 0.306. The number of anilines is 2. The fraction of sp³-hybridized carbons (Fsp3) is 0.618. The van der Waals surface area contributed by atoms with Crippen molar-refractivity contribution in [3.05, 3.63) is 46.4 Å². The van der Waals surface area contributed by atoms with Gasteiger partial charge in [0.15, 0.2) is 0 Å². The lowest BCUT2D eigenvalue weighted by molar-refractivity contribution is -0.140. The maximum Gasteiger partial charge on any atom is 0.416 e. The summed E-state index contributed by atoms with van der Waals surface area (Å²) in [7, 11) is 1.72. The highest BCUT2D eigenvalue weighted by molar-refractivity contribution is 5.89. The van der Waals surface area contributed by atoms with Crippen molar-refractivity contribution in [3.8, 4) is 0 Å². The predicted molar refractivity (Wildman–Crippen MR) is 174 cm³/mol. The Kier molecular flexibility index (Phi) is 9.69. The third-order valence-corrected chi connectivity index (χ3v) is 10.2. The fourth-order valence-electron chi connectivity index (χ4n) is 7.66. The molecule has 0 saturated carbocycles. The van der Waals surface area contributed by atoms with Crippen molar-refractivity contribution in [2.75, 3.05) is 64.1 Å². The molecular formula is C34H46F3N7O3. The molecule has 10 nitrogen and oxygen atoms in total. The van der Waals surface area contributed by atoms with Crippen molar-refractivity contribution in [2.24, 2.45) is 11.8 Å². The molecule has 0 spiro atoms. The predicted octanol–water partition coefficient (Wildman–Crippen LogP) is 5.49. The van der Waals surface area contributed by atoms with Crippen molar-refractivity contribution >= 4 is 28.4 Å². The number of hydrogen-bond acceptors (Lipinski definition) is 8. The first-order chi connectivity index (χ1) is 22.4. The van der Waals surface area contributed by atoms with Gasteiger partial charge in [0.05, 0.1) is 30.2 Å². The average molecular weight is 658 g/mol. The van der Waals surface area contributed by atoms with E-state index in [2.05, 4.69) is 25.8 Å². The molecule has 3 aromatic rings. The first-order valence-corrected chi connectivity index (χ1v) is 16.7. The summed E-state index contributed by atoms with van der Waals surface area (Å²) in [6.07, 6.45) is -1.15. The average Bonchev–Trinajstić information content (AvgIpc) is 3.43. The second-order valence-corrected chi connectivity index (χ2v) is 13.3. The second kappa shape index (κ2) is 13.6. The van der Waals surface area contributed by atoms with E-state index < -0.39 is 17.8 Å². The Morgan fingerprint density at radius 2 is 1.81 bits per heavy atom. The number of nitrogens with two attached hydrogens (primary N) is 1. The highest BCUT2D eigenvalue weighted by Crippen LogP contribution is 2.41. The standard InChI is InChI=1S/C34H46F3N7O3/c1-20-26(17-25(38)18-28(20)34(35,36)37)21(2)39-31-27-19-29-30(47-16-14-44(29)32(27)41-22(3)40-31)23-7-11-43(12-8-23)33(45)24-5-9-42(10-6-24)13-15-46-4/h17-19,21,23-24,30H,5-16,38H2,1-4H3,(H,39,40,41)/t21-,30?/m1/s1. The summed E-state index contributed by atoms with van der Waals surface area (Å²) in [5, 5.41) is 4.17. The summed E-state index contributed by atoms with van der Waals surface area (Å²) in [4.78, 5) is 27.3. The van der Waals surface area contributed by atoms with E-state index in [4.69, 9.17) is 20.2 Å². The minimum Gasteiger partial charge on any atom is -0.399 e. The zero-order chi connectivity index (χ0) is 33.5. The highest BCUT2D eigenvalue weighted by Gasteiger charge is 2.37. The molecule has 256 valence electrons. The molecule has 2 fully saturated rings. The van der Waals surface area contributed by atoms with Gasteiger partial charge in [-0.1, -0.05) is 0 Å². The topological polar surface area (TPSA) is 111 Å². The first-order valence-electron chi connectivity index (χ1n) is 16.7. The van der Waals surface area contributed by atoms with E-state index in [0.717, 1.165) is 81.2 Å². The number of hydrogen-bond donors (Lipinski definition) is 2. The third kappa shape index (κ3) is 6.93. The smallest absolute Gasteiger partial charge is 0.399 e. The molecule has 2 aromatic heterocycles. The fourth-order valence-corrected chi connectivity index (χ4v) is 7.66. The summed E-state index contributed by atoms with van der Waals surface area (Å²) in [5.74, 6) is 1.74. The molecule has 6 rings (SSSR count). The number of amides is 1. The van der Waals surface area contributed by atoms with Crippen LogP contribution in [0.5, 0.6) is 0 Å². The number of halogens is 3. The molecule has 0 radical (unpaired) electrons. The van der Waals surface area contributed by atoms with Crippen LogP contribution in [-0.2, 0) is 27.0 Å². The zero-order valence-corrected chi connectivity index (χ0v) is 27.7. The Labute approximate surface area is 273 Å². The molecule has 13 heteroatoms. The lowest BCUT2D eigenvalue weighted by Gasteiger charge is -2.40. The molecule has 0 aliphatic carbocycles. The summed E-state index contributed by atoms with van der Waals surface area (Å²) in [5.41, 5.74) is 7.63. The highest BCUT2D eigenvalue weighted by atomic mass is 19.4. The number of alkyl halides is 3. The number of aryl methyl sites for hydroxylation is 1. The zero-order valence-electron chi connectivity index (χ0n) is 27.7. The van der Waals surface area contributed by atoms with E-state index in [1.807, 2.05) is 18.7 Å². The molecule has 47 heavy (non-hydrogen) atoms. The lowest BCUT2D eigenvalue weighted by atomic mass is 9.87. The Balaban J connectivity index is 1.17. The minimum atomic E-state index is -4.51. The Bertz CT molecular complexity index is 1590. The van der Waals surface area contributed by atoms with E-state index in [9.17, 15) is 18.0 Å². The van der Waals surface area contributed by atoms with Gasteiger partial charge in [-0.15, -0.1) is 0 Å². The number of likely N-dealkylation sites (tertiary alicyclic amines) is 2. The van der Waals surface area contributed by atoms with Gasteiger partial charge >= 0.3 is 6.18 Å². The summed E-state index contributed by atoms with van der Waals surface area (Å²) in [6.45, 7) is 11.2. The van der Waals surface area contributed by atoms with Crippen LogP contribution in [0.3, 0.4) is 0 Å². The van der Waals surface area contributed by atoms with Crippen molar-refractivity contribution in [1.82, 2.24) is 24.3 Å². The minimum absolute atomic E-state index is 0.0611. The number of aromatic nitrogens is 3. The van der Waals surface area contributed by atoms with Gasteiger partial charge in [0.2, 0.25) is 5.91 Å². The Morgan fingerprint density at radius 3 is 2.49 bits per heavy atom. The molecule has 3 N–H and O–H groups in total. The number of benzene rings is 1. The first kappa shape index (κ1) is 33.5. The lowest BCUT2D eigenvalue weighted by Crippen LogP contribution is -2.46. The summed E-state index contributed by atoms with van der Waals surface area (Å²) >= 11 is 0. The maximum atomic E-state index is 13.7. The van der Waals surface area contributed by atoms with E-state index in [1.165, 1.54) is 6.92 Å². The van der Waals surface area contributed by atoms with Gasteiger partial charge in [0.1, 0.15) is 23.4 Å². The van der Waals surface area contributed by atoms with Gasteiger partial charge in [-0.2, -0.15) is 13.2 Å².